The van der Waals surface area contributed by atoms with E-state index in [1.54, 1.807) is 11.9 Å². The Bertz CT molecular complexity index is 644. The van der Waals surface area contributed by atoms with Gasteiger partial charge >= 0.3 is 5.97 Å². The lowest BCUT2D eigenvalue weighted by Gasteiger charge is -2.17. The van der Waals surface area contributed by atoms with Crippen LogP contribution in [0.3, 0.4) is 0 Å². The van der Waals surface area contributed by atoms with Gasteiger partial charge in [-0.15, -0.1) is 30.8 Å². The fourth-order valence-electron chi connectivity index (χ4n) is 1.45. The molecule has 2 aromatic rings. The molecular weight excluding hydrogens is 253 g/mol. The molecule has 3 radical (unpaired) electrons. The first-order valence-corrected chi connectivity index (χ1v) is 6.08. The summed E-state index contributed by atoms with van der Waals surface area (Å²) in [6.07, 6.45) is 0. The first-order chi connectivity index (χ1) is 8.13. The Balaban J connectivity index is 2.42. The Kier molecular flexibility index (Phi) is 3.45. The van der Waals surface area contributed by atoms with Gasteiger partial charge in [0.05, 0.1) is 0 Å². The second-order valence-electron chi connectivity index (χ2n) is 3.35. The number of methoxy groups -OCH3 is 1. The Morgan fingerprint density at radius 3 is 2.94 bits per heavy atom. The zero-order valence-electron chi connectivity index (χ0n) is 9.17. The van der Waals surface area contributed by atoms with Gasteiger partial charge in [0.1, 0.15) is 3.95 Å². The first kappa shape index (κ1) is 12.1. The molecule has 0 aliphatic carbocycles. The summed E-state index contributed by atoms with van der Waals surface area (Å²) in [5.41, 5.74) is 1.24. The van der Waals surface area contributed by atoms with Crippen molar-refractivity contribution in [3.63, 3.8) is 0 Å². The van der Waals surface area contributed by atoms with Crippen molar-refractivity contribution in [2.45, 2.75) is 0 Å². The molecule has 1 aromatic heterocycles. The van der Waals surface area contributed by atoms with Crippen LogP contribution in [0.25, 0.3) is 10.2 Å². The molecule has 0 atom stereocenters. The summed E-state index contributed by atoms with van der Waals surface area (Å²) in [6.45, 7) is 3.66. The number of rotatable bonds is 3. The highest BCUT2D eigenvalue weighted by Crippen LogP contribution is 2.22. The topological polar surface area (TPSA) is 33.3 Å². The van der Waals surface area contributed by atoms with E-state index in [9.17, 15) is 4.79 Å². The highest BCUT2D eigenvalue weighted by molar-refractivity contribution is 7.73. The predicted molar refractivity (Wildman–Crippen MR) is 73.0 cm³/mol. The first-order valence-electron chi connectivity index (χ1n) is 4.85. The van der Waals surface area contributed by atoms with Gasteiger partial charge in [-0.1, -0.05) is 24.4 Å². The van der Waals surface area contributed by atoms with Crippen molar-refractivity contribution in [1.82, 2.24) is 4.48 Å². The maximum atomic E-state index is 11.3. The molecule has 0 saturated heterocycles. The number of nitrogens with zero attached hydrogens (tertiary/aromatic N) is 1. The second kappa shape index (κ2) is 4.85. The van der Waals surface area contributed by atoms with Gasteiger partial charge in [0, 0.05) is 15.0 Å². The molecule has 1 aromatic carbocycles. The van der Waals surface area contributed by atoms with Crippen LogP contribution in [0.4, 0.5) is 0 Å². The van der Waals surface area contributed by atoms with Crippen LogP contribution in [0.15, 0.2) is 36.3 Å². The SMILES string of the molecule is C=C([B-]n1c(=S)sc2ccccc21)C(=O)[O+]C. The van der Waals surface area contributed by atoms with E-state index in [1.165, 1.54) is 18.4 Å². The molecule has 0 unspecified atom stereocenters. The standard InChI is InChI=1S/C11H9BNO2S2/c1-7(10(14)15-2)12-13-8-5-3-4-6-9(8)17-11(13)16/h3-6H,1H2,2H3. The van der Waals surface area contributed by atoms with Crippen molar-refractivity contribution >= 4 is 47.2 Å². The van der Waals surface area contributed by atoms with E-state index in [4.69, 9.17) is 12.2 Å². The van der Waals surface area contributed by atoms with E-state index >= 15 is 0 Å². The third-order valence-electron chi connectivity index (χ3n) is 2.25. The molecule has 0 aliphatic rings. The van der Waals surface area contributed by atoms with Crippen molar-refractivity contribution in [3.05, 3.63) is 40.3 Å². The van der Waals surface area contributed by atoms with Gasteiger partial charge in [-0.25, -0.2) is 0 Å². The van der Waals surface area contributed by atoms with Crippen molar-refractivity contribution in [2.24, 2.45) is 0 Å². The van der Waals surface area contributed by atoms with Crippen LogP contribution in [0.5, 0.6) is 0 Å². The van der Waals surface area contributed by atoms with Crippen molar-refractivity contribution in [1.29, 1.82) is 0 Å². The molecule has 0 N–H and O–H groups in total. The van der Waals surface area contributed by atoms with Gasteiger partial charge in [0.2, 0.25) is 0 Å². The maximum Gasteiger partial charge on any atom is 0.559 e. The number of thiazole rings is 1. The number of carbonyl (C=O) groups excluding carboxylic acids is 1. The maximum absolute atomic E-state index is 11.3. The lowest BCUT2D eigenvalue weighted by Crippen LogP contribution is -2.16. The highest BCUT2D eigenvalue weighted by atomic mass is 32.1. The fourth-order valence-corrected chi connectivity index (χ4v) is 2.72. The van der Waals surface area contributed by atoms with Gasteiger partial charge in [0.15, 0.2) is 7.11 Å². The number of hydrogen-bond donors (Lipinski definition) is 0. The van der Waals surface area contributed by atoms with Crippen molar-refractivity contribution in [3.8, 4) is 0 Å². The molecule has 1 heterocycles. The highest BCUT2D eigenvalue weighted by Gasteiger charge is 2.10. The van der Waals surface area contributed by atoms with Crippen LogP contribution in [-0.2, 0) is 9.53 Å². The second-order valence-corrected chi connectivity index (χ2v) is 5.03. The number of fused-ring (bicyclic) bond motifs is 1. The van der Waals surface area contributed by atoms with E-state index in [1.807, 2.05) is 24.3 Å². The number of hydrogen-bond acceptors (Lipinski definition) is 4. The fraction of sp³-hybridized carbons (Fsp3) is 0.0909. The predicted octanol–water partition coefficient (Wildman–Crippen LogP) is 2.59. The number of esters is 1. The number of ether oxygens (including phenoxy) is 1. The minimum absolute atomic E-state index is 0.271. The molecule has 2 rings (SSSR count). The van der Waals surface area contributed by atoms with Gasteiger partial charge < -0.3 is 9.21 Å². The van der Waals surface area contributed by atoms with E-state index in [2.05, 4.69) is 11.3 Å². The molecular formula is C11H9BNO2S2. The largest absolute Gasteiger partial charge is 0.561 e. The molecule has 0 fully saturated rings. The number of para-hydroxylation sites is 1. The molecule has 0 bridgehead atoms. The quantitative estimate of drug-likeness (QED) is 0.280. The average molecular weight is 262 g/mol. The minimum Gasteiger partial charge on any atom is -0.561 e. The van der Waals surface area contributed by atoms with Crippen molar-refractivity contribution in [2.75, 3.05) is 7.11 Å². The van der Waals surface area contributed by atoms with E-state index in [0.717, 1.165) is 10.2 Å². The normalized spacial score (nSPS) is 10.4. The van der Waals surface area contributed by atoms with Crippen LogP contribution in [-0.4, -0.2) is 25.0 Å². The monoisotopic (exact) mass is 262 g/mol. The lowest BCUT2D eigenvalue weighted by atomic mass is 9.83. The lowest BCUT2D eigenvalue weighted by molar-refractivity contribution is -0.135. The molecule has 0 aliphatic heterocycles. The Morgan fingerprint density at radius 1 is 1.53 bits per heavy atom. The molecule has 85 valence electrons. The number of benzene rings is 1. The molecule has 3 nitrogen and oxygen atoms in total. The number of carbonyl (C=O) groups is 1. The van der Waals surface area contributed by atoms with E-state index in [0.29, 0.717) is 3.95 Å². The van der Waals surface area contributed by atoms with Gasteiger partial charge in [0.25, 0.3) is 0 Å². The van der Waals surface area contributed by atoms with Crippen LogP contribution in [0.1, 0.15) is 0 Å². The average Bonchev–Trinajstić information content (AvgIpc) is 2.65. The van der Waals surface area contributed by atoms with Crippen LogP contribution < -0.4 is 0 Å². The van der Waals surface area contributed by atoms with Crippen molar-refractivity contribution < 1.29 is 9.53 Å². The summed E-state index contributed by atoms with van der Waals surface area (Å²) in [5.74, 6) is -0.456. The Labute approximate surface area is 109 Å². The van der Waals surface area contributed by atoms with Gasteiger partial charge in [-0.3, -0.25) is 0 Å². The summed E-state index contributed by atoms with van der Waals surface area (Å²) < 4.78 is 8.12. The van der Waals surface area contributed by atoms with Crippen LogP contribution in [0.2, 0.25) is 0 Å². The summed E-state index contributed by atoms with van der Waals surface area (Å²) in [5, 5.41) is 0. The smallest absolute Gasteiger partial charge is 0.559 e. The van der Waals surface area contributed by atoms with Crippen LogP contribution in [0, 0.1) is 3.95 Å². The number of aromatic nitrogens is 1. The Morgan fingerprint density at radius 2 is 2.24 bits per heavy atom. The zero-order valence-corrected chi connectivity index (χ0v) is 10.8. The van der Waals surface area contributed by atoms with Gasteiger partial charge in [-0.2, -0.15) is 0 Å². The molecule has 17 heavy (non-hydrogen) atoms. The van der Waals surface area contributed by atoms with Gasteiger partial charge in [-0.05, 0) is 12.1 Å². The summed E-state index contributed by atoms with van der Waals surface area (Å²) in [4.78, 5) is 11.3. The van der Waals surface area contributed by atoms with E-state index in [-0.39, 0.29) is 5.47 Å². The third-order valence-corrected chi connectivity index (χ3v) is 3.63. The molecule has 0 spiro atoms. The zero-order chi connectivity index (χ0) is 12.4. The summed E-state index contributed by atoms with van der Waals surface area (Å²) in [7, 11) is 2.93. The third kappa shape index (κ3) is 2.32. The Hall–Kier alpha value is -1.40. The summed E-state index contributed by atoms with van der Waals surface area (Å²) >= 11 is 6.74. The summed E-state index contributed by atoms with van der Waals surface area (Å²) in [6, 6.07) is 7.81. The molecule has 6 heteroatoms. The molecule has 0 saturated carbocycles. The van der Waals surface area contributed by atoms with E-state index < -0.39 is 5.97 Å². The molecule has 0 amide bonds. The minimum atomic E-state index is -0.456. The van der Waals surface area contributed by atoms with Crippen LogP contribution >= 0.6 is 23.6 Å².